The highest BCUT2D eigenvalue weighted by Gasteiger charge is 2.48. The van der Waals surface area contributed by atoms with Crippen LogP contribution in [-0.2, 0) is 4.79 Å². The molecule has 0 saturated carbocycles. The first-order valence-electron chi connectivity index (χ1n) is 11.3. The number of nitrogens with zero attached hydrogens (tertiary/aromatic N) is 3. The fourth-order valence-electron chi connectivity index (χ4n) is 5.06. The minimum absolute atomic E-state index is 0.0494. The molecule has 3 fully saturated rings. The Hall–Kier alpha value is -2.52. The molecule has 4 unspecified atom stereocenters. The van der Waals surface area contributed by atoms with Gasteiger partial charge in [-0.2, -0.15) is 0 Å². The third-order valence-electron chi connectivity index (χ3n) is 7.11. The monoisotopic (exact) mass is 438 g/mol. The zero-order valence-corrected chi connectivity index (χ0v) is 18.8. The number of nitrogens with one attached hydrogen (secondary N) is 3. The Kier molecular flexibility index (Phi) is 5.63. The van der Waals surface area contributed by atoms with Gasteiger partial charge in [-0.1, -0.05) is 31.2 Å². The van der Waals surface area contributed by atoms with Gasteiger partial charge in [0.2, 0.25) is 5.91 Å². The summed E-state index contributed by atoms with van der Waals surface area (Å²) < 4.78 is 14.7. The topological polar surface area (TPSA) is 62.9 Å². The second kappa shape index (κ2) is 8.44. The maximum atomic E-state index is 14.7. The maximum Gasteiger partial charge on any atom is 0.245 e. The van der Waals surface area contributed by atoms with Crippen molar-refractivity contribution in [3.63, 3.8) is 0 Å². The van der Waals surface area contributed by atoms with Crippen LogP contribution < -0.4 is 26.2 Å². The molecule has 8 heteroatoms. The van der Waals surface area contributed by atoms with E-state index in [0.717, 1.165) is 37.3 Å². The molecule has 0 bridgehead atoms. The van der Waals surface area contributed by atoms with Gasteiger partial charge in [0.15, 0.2) is 0 Å². The smallest absolute Gasteiger partial charge is 0.245 e. The number of carbonyl (C=O) groups excluding carboxylic acids is 1. The van der Waals surface area contributed by atoms with Crippen LogP contribution in [0, 0.1) is 18.7 Å². The number of piperazine rings is 1. The number of hydrogen-bond donors (Lipinski definition) is 3. The van der Waals surface area contributed by atoms with E-state index >= 15 is 0 Å². The molecule has 4 atom stereocenters. The normalized spacial score (nSPS) is 28.8. The fraction of sp³-hybridized carbons (Fsp3) is 0.458. The molecule has 32 heavy (non-hydrogen) atoms. The molecule has 2 aromatic rings. The molecule has 0 aromatic heterocycles. The Morgan fingerprint density at radius 1 is 0.969 bits per heavy atom. The second-order valence-corrected chi connectivity index (χ2v) is 9.20. The predicted molar refractivity (Wildman–Crippen MR) is 124 cm³/mol. The first-order chi connectivity index (χ1) is 15.4. The lowest BCUT2D eigenvalue weighted by atomic mass is 9.87. The Labute approximate surface area is 188 Å². The van der Waals surface area contributed by atoms with Crippen molar-refractivity contribution in [3.8, 4) is 0 Å². The van der Waals surface area contributed by atoms with Crippen LogP contribution in [0.1, 0.15) is 24.1 Å². The zero-order valence-electron chi connectivity index (χ0n) is 18.8. The number of anilines is 2. The molecule has 3 aliphatic heterocycles. The number of rotatable bonds is 3. The van der Waals surface area contributed by atoms with E-state index < -0.39 is 5.82 Å². The molecule has 0 aliphatic carbocycles. The van der Waals surface area contributed by atoms with E-state index in [-0.39, 0.29) is 30.0 Å². The second-order valence-electron chi connectivity index (χ2n) is 9.20. The van der Waals surface area contributed by atoms with Crippen molar-refractivity contribution < 1.29 is 9.18 Å². The summed E-state index contributed by atoms with van der Waals surface area (Å²) in [6.45, 7) is 7.92. The summed E-state index contributed by atoms with van der Waals surface area (Å²) in [6.07, 6.45) is 0. The largest absolute Gasteiger partial charge is 0.369 e. The van der Waals surface area contributed by atoms with Crippen molar-refractivity contribution in [2.75, 3.05) is 43.1 Å². The number of halogens is 1. The highest BCUT2D eigenvalue weighted by Crippen LogP contribution is 2.34. The summed E-state index contributed by atoms with van der Waals surface area (Å²) >= 11 is 0. The molecule has 3 saturated heterocycles. The molecule has 2 aromatic carbocycles. The van der Waals surface area contributed by atoms with E-state index in [1.807, 2.05) is 19.9 Å². The summed E-state index contributed by atoms with van der Waals surface area (Å²) in [6, 6.07) is 13.3. The number of carbonyl (C=O) groups is 1. The number of amides is 1. The van der Waals surface area contributed by atoms with Crippen LogP contribution in [-0.4, -0.2) is 56.1 Å². The third kappa shape index (κ3) is 3.67. The van der Waals surface area contributed by atoms with E-state index in [1.165, 1.54) is 16.8 Å². The van der Waals surface area contributed by atoms with Gasteiger partial charge in [0.05, 0.1) is 29.7 Å². The molecule has 3 N–H and O–H groups in total. The van der Waals surface area contributed by atoms with E-state index in [2.05, 4.69) is 57.4 Å². The molecular formula is C24H31FN6O. The quantitative estimate of drug-likeness (QED) is 0.681. The van der Waals surface area contributed by atoms with Crippen molar-refractivity contribution in [2.45, 2.75) is 32.0 Å². The van der Waals surface area contributed by atoms with Crippen LogP contribution in [0.15, 0.2) is 42.5 Å². The number of aryl methyl sites for hydroxylation is 1. The van der Waals surface area contributed by atoms with Crippen molar-refractivity contribution in [1.29, 1.82) is 0 Å². The average molecular weight is 439 g/mol. The summed E-state index contributed by atoms with van der Waals surface area (Å²) in [5, 5.41) is 1.41. The summed E-state index contributed by atoms with van der Waals surface area (Å²) in [7, 11) is 2.16. The minimum Gasteiger partial charge on any atom is -0.369 e. The number of fused-ring (bicyclic) bond motifs is 1. The van der Waals surface area contributed by atoms with Crippen molar-refractivity contribution in [2.24, 2.45) is 5.92 Å². The SMILES string of the molecule is Cc1cccc(F)c1N1NC2C(c3ccc(N4CCN(C)CC4)cc3)NNC2C(C)C1=O. The number of hydrazine groups is 2. The summed E-state index contributed by atoms with van der Waals surface area (Å²) in [4.78, 5) is 17.8. The van der Waals surface area contributed by atoms with Gasteiger partial charge in [0, 0.05) is 31.9 Å². The molecule has 0 spiro atoms. The van der Waals surface area contributed by atoms with Crippen LogP contribution in [0.25, 0.3) is 0 Å². The van der Waals surface area contributed by atoms with Gasteiger partial charge in [-0.25, -0.2) is 20.3 Å². The van der Waals surface area contributed by atoms with Crippen molar-refractivity contribution >= 4 is 17.3 Å². The van der Waals surface area contributed by atoms with Crippen LogP contribution in [0.4, 0.5) is 15.8 Å². The highest BCUT2D eigenvalue weighted by atomic mass is 19.1. The Balaban J connectivity index is 1.38. The number of benzene rings is 2. The van der Waals surface area contributed by atoms with Gasteiger partial charge in [0.1, 0.15) is 5.82 Å². The van der Waals surface area contributed by atoms with Crippen LogP contribution in [0.5, 0.6) is 0 Å². The minimum atomic E-state index is -0.400. The molecule has 1 amide bonds. The summed E-state index contributed by atoms with van der Waals surface area (Å²) in [5.74, 6) is -0.842. The van der Waals surface area contributed by atoms with Crippen LogP contribution in [0.3, 0.4) is 0 Å². The van der Waals surface area contributed by atoms with E-state index in [1.54, 1.807) is 6.07 Å². The standard InChI is InChI=1S/C24H31FN6O/c1-15-5-4-6-19(25)23(15)31-24(32)16(2)20-22(28-31)21(27-26-20)17-7-9-18(10-8-17)30-13-11-29(3)12-14-30/h4-10,16,20-22,26-28H,11-14H2,1-3H3. The molecule has 3 aliphatic rings. The lowest BCUT2D eigenvalue weighted by Crippen LogP contribution is -2.64. The van der Waals surface area contributed by atoms with Gasteiger partial charge < -0.3 is 9.80 Å². The summed E-state index contributed by atoms with van der Waals surface area (Å²) in [5.41, 5.74) is 13.4. The predicted octanol–water partition coefficient (Wildman–Crippen LogP) is 1.96. The lowest BCUT2D eigenvalue weighted by molar-refractivity contribution is -0.125. The number of hydrogen-bond acceptors (Lipinski definition) is 6. The Morgan fingerprint density at radius 3 is 2.38 bits per heavy atom. The van der Waals surface area contributed by atoms with Gasteiger partial charge >= 0.3 is 0 Å². The first-order valence-corrected chi connectivity index (χ1v) is 11.3. The lowest BCUT2D eigenvalue weighted by Gasteiger charge is -2.41. The Bertz CT molecular complexity index is 970. The molecule has 7 nitrogen and oxygen atoms in total. The van der Waals surface area contributed by atoms with Gasteiger partial charge in [-0.05, 0) is 43.3 Å². The van der Waals surface area contributed by atoms with E-state index in [4.69, 9.17) is 0 Å². The molecular weight excluding hydrogens is 407 g/mol. The van der Waals surface area contributed by atoms with Crippen molar-refractivity contribution in [1.82, 2.24) is 21.2 Å². The van der Waals surface area contributed by atoms with Crippen LogP contribution in [0.2, 0.25) is 0 Å². The third-order valence-corrected chi connectivity index (χ3v) is 7.11. The fourth-order valence-corrected chi connectivity index (χ4v) is 5.06. The maximum absolute atomic E-state index is 14.7. The molecule has 170 valence electrons. The van der Waals surface area contributed by atoms with Gasteiger partial charge in [0.25, 0.3) is 0 Å². The first kappa shape index (κ1) is 21.3. The van der Waals surface area contributed by atoms with Crippen molar-refractivity contribution in [3.05, 3.63) is 59.4 Å². The van der Waals surface area contributed by atoms with Gasteiger partial charge in [-0.15, -0.1) is 0 Å². The van der Waals surface area contributed by atoms with E-state index in [9.17, 15) is 9.18 Å². The van der Waals surface area contributed by atoms with Gasteiger partial charge in [-0.3, -0.25) is 10.2 Å². The average Bonchev–Trinajstić information content (AvgIpc) is 3.21. The molecule has 0 radical (unpaired) electrons. The molecule has 5 rings (SSSR count). The van der Waals surface area contributed by atoms with E-state index in [0.29, 0.717) is 5.69 Å². The Morgan fingerprint density at radius 2 is 1.69 bits per heavy atom. The number of likely N-dealkylation sites (N-methyl/N-ethyl adjacent to an activating group) is 1. The molecule has 3 heterocycles. The highest BCUT2D eigenvalue weighted by molar-refractivity contribution is 5.96. The zero-order chi connectivity index (χ0) is 22.4. The number of para-hydroxylation sites is 1. The van der Waals surface area contributed by atoms with Crippen LogP contribution >= 0.6 is 0 Å².